The number of likely N-dealkylation sites (tertiary alicyclic amines) is 1. The van der Waals surface area contributed by atoms with Crippen molar-refractivity contribution in [1.29, 1.82) is 0 Å². The highest BCUT2D eigenvalue weighted by atomic mass is 35.5. The molecule has 1 fully saturated rings. The van der Waals surface area contributed by atoms with E-state index in [1.54, 1.807) is 6.20 Å². The molecule has 6 nitrogen and oxygen atoms in total. The molecule has 0 radical (unpaired) electrons. The van der Waals surface area contributed by atoms with Crippen LogP contribution in [0.2, 0.25) is 5.02 Å². The van der Waals surface area contributed by atoms with Crippen LogP contribution in [-0.2, 0) is 0 Å². The quantitative estimate of drug-likeness (QED) is 0.914. The average Bonchev–Trinajstić information content (AvgIpc) is 2.92. The molecular formula is C13H17ClN6. The molecule has 106 valence electrons. The summed E-state index contributed by atoms with van der Waals surface area (Å²) in [4.78, 5) is 10.4. The van der Waals surface area contributed by atoms with Gasteiger partial charge in [-0.3, -0.25) is 4.68 Å². The Kier molecular flexibility index (Phi) is 3.58. The number of rotatable bonds is 2. The Morgan fingerprint density at radius 3 is 2.80 bits per heavy atom. The number of hydrogen-bond donors (Lipinski definition) is 1. The first-order chi connectivity index (χ1) is 9.63. The molecule has 2 N–H and O–H groups in total. The normalized spacial score (nSPS) is 17.5. The molecule has 7 heteroatoms. The number of anilines is 1. The van der Waals surface area contributed by atoms with Crippen LogP contribution in [0.5, 0.6) is 0 Å². The summed E-state index contributed by atoms with van der Waals surface area (Å²) in [6, 6.07) is 0.443. The van der Waals surface area contributed by atoms with E-state index in [1.165, 1.54) is 6.20 Å². The molecule has 0 atom stereocenters. The Hall–Kier alpha value is -1.66. The monoisotopic (exact) mass is 292 g/mol. The van der Waals surface area contributed by atoms with Crippen molar-refractivity contribution < 1.29 is 0 Å². The maximum Gasteiger partial charge on any atom is 0.220 e. The first-order valence-corrected chi connectivity index (χ1v) is 7.02. The molecule has 0 amide bonds. The molecule has 1 saturated heterocycles. The molecule has 0 aliphatic carbocycles. The summed E-state index contributed by atoms with van der Waals surface area (Å²) in [7, 11) is 2.15. The second kappa shape index (κ2) is 5.38. The van der Waals surface area contributed by atoms with Crippen LogP contribution < -0.4 is 5.73 Å². The predicted molar refractivity (Wildman–Crippen MR) is 78.4 cm³/mol. The number of hydrogen-bond acceptors (Lipinski definition) is 5. The molecule has 2 aromatic rings. The van der Waals surface area contributed by atoms with Crippen LogP contribution in [0.1, 0.15) is 18.9 Å². The number of nitrogens with two attached hydrogens (primary N) is 1. The van der Waals surface area contributed by atoms with Crippen LogP contribution in [0.3, 0.4) is 0 Å². The predicted octanol–water partition coefficient (Wildman–Crippen LogP) is 1.84. The lowest BCUT2D eigenvalue weighted by Gasteiger charge is -2.28. The second-order valence-corrected chi connectivity index (χ2v) is 5.58. The molecule has 3 heterocycles. The highest BCUT2D eigenvalue weighted by molar-refractivity contribution is 6.32. The maximum absolute atomic E-state index is 6.12. The lowest BCUT2D eigenvalue weighted by molar-refractivity contribution is 0.212. The maximum atomic E-state index is 6.12. The molecular weight excluding hydrogens is 276 g/mol. The van der Waals surface area contributed by atoms with Crippen molar-refractivity contribution in [3.8, 4) is 11.3 Å². The molecule has 1 aliphatic rings. The summed E-state index contributed by atoms with van der Waals surface area (Å²) in [6.45, 7) is 2.20. The van der Waals surface area contributed by atoms with Crippen LogP contribution >= 0.6 is 11.6 Å². The average molecular weight is 293 g/mol. The van der Waals surface area contributed by atoms with Gasteiger partial charge in [0.1, 0.15) is 0 Å². The van der Waals surface area contributed by atoms with Gasteiger partial charge in [-0.25, -0.2) is 9.97 Å². The van der Waals surface area contributed by atoms with Gasteiger partial charge in [0, 0.05) is 11.8 Å². The van der Waals surface area contributed by atoms with Gasteiger partial charge in [0.15, 0.2) is 0 Å². The highest BCUT2D eigenvalue weighted by Crippen LogP contribution is 2.28. The smallest absolute Gasteiger partial charge is 0.220 e. The highest BCUT2D eigenvalue weighted by Gasteiger charge is 2.19. The Morgan fingerprint density at radius 1 is 1.30 bits per heavy atom. The molecule has 2 aromatic heterocycles. The van der Waals surface area contributed by atoms with E-state index in [2.05, 4.69) is 27.0 Å². The van der Waals surface area contributed by atoms with Gasteiger partial charge < -0.3 is 10.6 Å². The minimum atomic E-state index is 0.219. The zero-order valence-corrected chi connectivity index (χ0v) is 12.1. The van der Waals surface area contributed by atoms with E-state index in [-0.39, 0.29) is 5.95 Å². The van der Waals surface area contributed by atoms with Crippen molar-refractivity contribution in [2.45, 2.75) is 18.9 Å². The minimum Gasteiger partial charge on any atom is -0.368 e. The Morgan fingerprint density at radius 2 is 2.05 bits per heavy atom. The number of aromatic nitrogens is 4. The Bertz CT molecular complexity index is 603. The summed E-state index contributed by atoms with van der Waals surface area (Å²) < 4.78 is 2.01. The van der Waals surface area contributed by atoms with Gasteiger partial charge in [-0.15, -0.1) is 0 Å². The minimum absolute atomic E-state index is 0.219. The third-order valence-corrected chi connectivity index (χ3v) is 3.98. The molecule has 1 aliphatic heterocycles. The third-order valence-electron chi connectivity index (χ3n) is 3.70. The van der Waals surface area contributed by atoms with Gasteiger partial charge in [0.2, 0.25) is 5.95 Å². The Balaban J connectivity index is 1.85. The van der Waals surface area contributed by atoms with Gasteiger partial charge in [0.25, 0.3) is 0 Å². The van der Waals surface area contributed by atoms with E-state index >= 15 is 0 Å². The third kappa shape index (κ3) is 2.62. The topological polar surface area (TPSA) is 72.9 Å². The summed E-state index contributed by atoms with van der Waals surface area (Å²) in [5.41, 5.74) is 7.13. The summed E-state index contributed by atoms with van der Waals surface area (Å²) >= 11 is 6.12. The fourth-order valence-electron chi connectivity index (χ4n) is 2.50. The largest absolute Gasteiger partial charge is 0.368 e. The molecule has 3 rings (SSSR count). The summed E-state index contributed by atoms with van der Waals surface area (Å²) in [5, 5.41) is 4.94. The van der Waals surface area contributed by atoms with E-state index in [9.17, 15) is 0 Å². The number of piperidine rings is 1. The van der Waals surface area contributed by atoms with E-state index < -0.39 is 0 Å². The molecule has 0 aromatic carbocycles. The SMILES string of the molecule is CN1CCC(n2cc(-c3nc(N)ncc3Cl)cn2)CC1. The van der Waals surface area contributed by atoms with Crippen LogP contribution in [0.25, 0.3) is 11.3 Å². The number of nitrogen functional groups attached to an aromatic ring is 1. The van der Waals surface area contributed by atoms with Gasteiger partial charge >= 0.3 is 0 Å². The van der Waals surface area contributed by atoms with Crippen LogP contribution in [0.4, 0.5) is 5.95 Å². The summed E-state index contributed by atoms with van der Waals surface area (Å²) in [6.07, 6.45) is 7.51. The standard InChI is InChI=1S/C13H17ClN6/c1-19-4-2-10(3-5-19)20-8-9(6-17-20)12-11(14)7-16-13(15)18-12/h6-8,10H,2-5H2,1H3,(H2,15,16,18). The first-order valence-electron chi connectivity index (χ1n) is 6.64. The van der Waals surface area contributed by atoms with Crippen LogP contribution in [-0.4, -0.2) is 44.8 Å². The van der Waals surface area contributed by atoms with Crippen molar-refractivity contribution in [1.82, 2.24) is 24.6 Å². The van der Waals surface area contributed by atoms with Crippen LogP contribution in [0.15, 0.2) is 18.6 Å². The van der Waals surface area contributed by atoms with Crippen molar-refractivity contribution >= 4 is 17.5 Å². The van der Waals surface area contributed by atoms with Gasteiger partial charge in [0.05, 0.1) is 29.2 Å². The zero-order valence-electron chi connectivity index (χ0n) is 11.3. The van der Waals surface area contributed by atoms with Crippen molar-refractivity contribution in [2.75, 3.05) is 25.9 Å². The lowest BCUT2D eigenvalue weighted by atomic mass is 10.1. The fourth-order valence-corrected chi connectivity index (χ4v) is 2.70. The van der Waals surface area contributed by atoms with Crippen molar-refractivity contribution in [3.05, 3.63) is 23.6 Å². The molecule has 0 unspecified atom stereocenters. The van der Waals surface area contributed by atoms with E-state index in [1.807, 2.05) is 10.9 Å². The lowest BCUT2D eigenvalue weighted by Crippen LogP contribution is -2.31. The first kappa shape index (κ1) is 13.3. The van der Waals surface area contributed by atoms with Crippen molar-refractivity contribution in [3.63, 3.8) is 0 Å². The van der Waals surface area contributed by atoms with E-state index in [0.717, 1.165) is 31.5 Å². The second-order valence-electron chi connectivity index (χ2n) is 5.17. The fraction of sp³-hybridized carbons (Fsp3) is 0.462. The van der Waals surface area contributed by atoms with Crippen molar-refractivity contribution in [2.24, 2.45) is 0 Å². The molecule has 0 spiro atoms. The van der Waals surface area contributed by atoms with Gasteiger partial charge in [-0.2, -0.15) is 5.10 Å². The van der Waals surface area contributed by atoms with E-state index in [4.69, 9.17) is 17.3 Å². The van der Waals surface area contributed by atoms with Gasteiger partial charge in [-0.1, -0.05) is 11.6 Å². The number of halogens is 1. The zero-order chi connectivity index (χ0) is 14.1. The number of nitrogens with zero attached hydrogens (tertiary/aromatic N) is 5. The van der Waals surface area contributed by atoms with Gasteiger partial charge in [-0.05, 0) is 33.0 Å². The Labute approximate surface area is 122 Å². The molecule has 20 heavy (non-hydrogen) atoms. The summed E-state index contributed by atoms with van der Waals surface area (Å²) in [5.74, 6) is 0.219. The van der Waals surface area contributed by atoms with E-state index in [0.29, 0.717) is 16.8 Å². The molecule has 0 bridgehead atoms. The molecule has 0 saturated carbocycles. The van der Waals surface area contributed by atoms with Crippen LogP contribution in [0, 0.1) is 0 Å².